The lowest BCUT2D eigenvalue weighted by Crippen LogP contribution is -2.35. The summed E-state index contributed by atoms with van der Waals surface area (Å²) in [4.78, 5) is 23.6. The number of hydrogen-bond acceptors (Lipinski definition) is 4. The number of anilines is 2. The molecule has 4 N–H and O–H groups in total. The molecular weight excluding hydrogens is 270 g/mol. The molecule has 1 rings (SSSR count). The molecule has 0 saturated carbocycles. The van der Waals surface area contributed by atoms with Crippen molar-refractivity contribution in [1.82, 2.24) is 0 Å². The molecule has 6 heteroatoms. The summed E-state index contributed by atoms with van der Waals surface area (Å²) in [5, 5.41) is 5.45. The Balaban J connectivity index is 2.68. The molecule has 2 amide bonds. The molecular formula is C15H23N3O3. The summed E-state index contributed by atoms with van der Waals surface area (Å²) in [6.07, 6.45) is 0.939. The molecule has 6 nitrogen and oxygen atoms in total. The molecule has 0 fully saturated rings. The van der Waals surface area contributed by atoms with E-state index in [-0.39, 0.29) is 11.8 Å². The number of nitrogens with one attached hydrogen (secondary N) is 2. The number of amides is 2. The maximum atomic E-state index is 11.8. The van der Waals surface area contributed by atoms with Gasteiger partial charge in [-0.05, 0) is 31.5 Å². The fourth-order valence-electron chi connectivity index (χ4n) is 1.70. The van der Waals surface area contributed by atoms with Gasteiger partial charge < -0.3 is 21.1 Å². The van der Waals surface area contributed by atoms with E-state index in [9.17, 15) is 9.59 Å². The van der Waals surface area contributed by atoms with E-state index in [4.69, 9.17) is 10.5 Å². The molecule has 1 aromatic rings. The number of nitrogens with two attached hydrogens (primary N) is 1. The van der Waals surface area contributed by atoms with E-state index < -0.39 is 12.1 Å². The summed E-state index contributed by atoms with van der Waals surface area (Å²) in [5.74, 6) is -0.478. The van der Waals surface area contributed by atoms with Gasteiger partial charge in [-0.1, -0.05) is 19.4 Å². The number of benzene rings is 1. The van der Waals surface area contributed by atoms with Crippen molar-refractivity contribution in [3.63, 3.8) is 0 Å². The number of rotatable bonds is 7. The average Bonchev–Trinajstić information content (AvgIpc) is 2.46. The van der Waals surface area contributed by atoms with Crippen LogP contribution in [0.3, 0.4) is 0 Å². The highest BCUT2D eigenvalue weighted by Crippen LogP contribution is 2.16. The standard InChI is InChI=1S/C15H23N3O3/c1-4-6-13(16)15(20)18-12-8-5-7-11(9-12)17-14(19)10(2)21-3/h5,7-10,13H,4,6,16H2,1-3H3,(H,17,19)(H,18,20). The van der Waals surface area contributed by atoms with Crippen LogP contribution in [0, 0.1) is 0 Å². The van der Waals surface area contributed by atoms with Gasteiger partial charge in [0.2, 0.25) is 5.91 Å². The zero-order chi connectivity index (χ0) is 15.8. The lowest BCUT2D eigenvalue weighted by molar-refractivity contribution is -0.124. The molecule has 0 aliphatic heterocycles. The molecule has 0 radical (unpaired) electrons. The van der Waals surface area contributed by atoms with Crippen LogP contribution in [0.4, 0.5) is 11.4 Å². The van der Waals surface area contributed by atoms with Gasteiger partial charge in [0.05, 0.1) is 6.04 Å². The highest BCUT2D eigenvalue weighted by Gasteiger charge is 2.14. The summed E-state index contributed by atoms with van der Waals surface area (Å²) >= 11 is 0. The van der Waals surface area contributed by atoms with Crippen LogP contribution in [0.25, 0.3) is 0 Å². The van der Waals surface area contributed by atoms with E-state index in [0.717, 1.165) is 6.42 Å². The zero-order valence-electron chi connectivity index (χ0n) is 12.7. The summed E-state index contributed by atoms with van der Waals surface area (Å²) in [5.41, 5.74) is 6.93. The van der Waals surface area contributed by atoms with Crippen LogP contribution >= 0.6 is 0 Å². The van der Waals surface area contributed by atoms with Crippen LogP contribution in [0.2, 0.25) is 0 Å². The summed E-state index contributed by atoms with van der Waals surface area (Å²) in [6, 6.07) is 6.38. The molecule has 21 heavy (non-hydrogen) atoms. The van der Waals surface area contributed by atoms with Crippen LogP contribution in [-0.4, -0.2) is 31.1 Å². The minimum atomic E-state index is -0.541. The summed E-state index contributed by atoms with van der Waals surface area (Å²) < 4.78 is 4.94. The highest BCUT2D eigenvalue weighted by atomic mass is 16.5. The third-order valence-electron chi connectivity index (χ3n) is 3.06. The topological polar surface area (TPSA) is 93.5 Å². The minimum absolute atomic E-state index is 0.231. The van der Waals surface area contributed by atoms with Gasteiger partial charge >= 0.3 is 0 Å². The third-order valence-corrected chi connectivity index (χ3v) is 3.06. The van der Waals surface area contributed by atoms with Gasteiger partial charge in [-0.3, -0.25) is 9.59 Å². The first kappa shape index (κ1) is 17.1. The van der Waals surface area contributed by atoms with E-state index in [2.05, 4.69) is 10.6 Å². The fraction of sp³-hybridized carbons (Fsp3) is 0.467. The lowest BCUT2D eigenvalue weighted by Gasteiger charge is -2.13. The molecule has 116 valence electrons. The first-order valence-electron chi connectivity index (χ1n) is 6.98. The van der Waals surface area contributed by atoms with E-state index in [1.54, 1.807) is 31.2 Å². The first-order chi connectivity index (χ1) is 9.97. The molecule has 0 heterocycles. The van der Waals surface area contributed by atoms with E-state index in [1.165, 1.54) is 7.11 Å². The van der Waals surface area contributed by atoms with Crippen molar-refractivity contribution in [1.29, 1.82) is 0 Å². The maximum Gasteiger partial charge on any atom is 0.253 e. The summed E-state index contributed by atoms with van der Waals surface area (Å²) in [7, 11) is 1.47. The molecule has 0 aliphatic carbocycles. The van der Waals surface area contributed by atoms with Crippen molar-refractivity contribution in [3.8, 4) is 0 Å². The molecule has 0 aromatic heterocycles. The van der Waals surface area contributed by atoms with Crippen LogP contribution in [0.5, 0.6) is 0 Å². The Hall–Kier alpha value is -1.92. The Kier molecular flexibility index (Phi) is 6.84. The Morgan fingerprint density at radius 3 is 2.33 bits per heavy atom. The highest BCUT2D eigenvalue weighted by molar-refractivity contribution is 5.97. The van der Waals surface area contributed by atoms with E-state index in [1.807, 2.05) is 6.92 Å². The number of methoxy groups -OCH3 is 1. The first-order valence-corrected chi connectivity index (χ1v) is 6.98. The smallest absolute Gasteiger partial charge is 0.253 e. The van der Waals surface area contributed by atoms with Gasteiger partial charge in [0.15, 0.2) is 0 Å². The van der Waals surface area contributed by atoms with Gasteiger partial charge in [-0.25, -0.2) is 0 Å². The van der Waals surface area contributed by atoms with Gasteiger partial charge in [-0.15, -0.1) is 0 Å². The predicted octanol–water partition coefficient (Wildman–Crippen LogP) is 1.73. The Bertz CT molecular complexity index is 491. The second kappa shape index (κ2) is 8.39. The normalized spacial score (nSPS) is 13.3. The number of carbonyl (C=O) groups is 2. The van der Waals surface area contributed by atoms with Gasteiger partial charge in [0, 0.05) is 18.5 Å². The average molecular weight is 293 g/mol. The van der Waals surface area contributed by atoms with Crippen LogP contribution in [0.15, 0.2) is 24.3 Å². The molecule has 0 saturated heterocycles. The van der Waals surface area contributed by atoms with Crippen LogP contribution in [0.1, 0.15) is 26.7 Å². The molecule has 0 bridgehead atoms. The van der Waals surface area contributed by atoms with Crippen LogP contribution in [-0.2, 0) is 14.3 Å². The van der Waals surface area contributed by atoms with E-state index in [0.29, 0.717) is 17.8 Å². The third kappa shape index (κ3) is 5.53. The molecule has 0 aliphatic rings. The fourth-order valence-corrected chi connectivity index (χ4v) is 1.70. The van der Waals surface area contributed by atoms with Crippen LogP contribution < -0.4 is 16.4 Å². The quantitative estimate of drug-likeness (QED) is 0.713. The van der Waals surface area contributed by atoms with Gasteiger partial charge in [0.1, 0.15) is 6.10 Å². The second-order valence-electron chi connectivity index (χ2n) is 4.83. The Labute approximate surface area is 125 Å². The number of carbonyl (C=O) groups excluding carboxylic acids is 2. The van der Waals surface area contributed by atoms with Crippen molar-refractivity contribution in [2.24, 2.45) is 5.73 Å². The SMILES string of the molecule is CCCC(N)C(=O)Nc1cccc(NC(=O)C(C)OC)c1. The second-order valence-corrected chi connectivity index (χ2v) is 4.83. The number of ether oxygens (including phenoxy) is 1. The van der Waals surface area contributed by atoms with Gasteiger partial charge in [0.25, 0.3) is 5.91 Å². The Morgan fingerprint density at radius 2 is 1.81 bits per heavy atom. The zero-order valence-corrected chi connectivity index (χ0v) is 12.7. The summed E-state index contributed by atoms with van der Waals surface area (Å²) in [6.45, 7) is 3.63. The predicted molar refractivity (Wildman–Crippen MR) is 83.1 cm³/mol. The molecule has 1 aromatic carbocycles. The Morgan fingerprint density at radius 1 is 1.24 bits per heavy atom. The van der Waals surface area contributed by atoms with Crippen molar-refractivity contribution in [2.45, 2.75) is 38.8 Å². The molecule has 2 unspecified atom stereocenters. The molecule has 2 atom stereocenters. The number of hydrogen-bond donors (Lipinski definition) is 3. The molecule has 0 spiro atoms. The monoisotopic (exact) mass is 293 g/mol. The minimum Gasteiger partial charge on any atom is -0.372 e. The van der Waals surface area contributed by atoms with E-state index >= 15 is 0 Å². The van der Waals surface area contributed by atoms with Crippen molar-refractivity contribution in [2.75, 3.05) is 17.7 Å². The maximum absolute atomic E-state index is 11.8. The lowest BCUT2D eigenvalue weighted by atomic mass is 10.1. The van der Waals surface area contributed by atoms with Gasteiger partial charge in [-0.2, -0.15) is 0 Å². The largest absolute Gasteiger partial charge is 0.372 e. The van der Waals surface area contributed by atoms with Crippen molar-refractivity contribution >= 4 is 23.2 Å². The van der Waals surface area contributed by atoms with Crippen molar-refractivity contribution < 1.29 is 14.3 Å². The van der Waals surface area contributed by atoms with Crippen molar-refractivity contribution in [3.05, 3.63) is 24.3 Å².